The predicted octanol–water partition coefficient (Wildman–Crippen LogP) is 0.395. The van der Waals surface area contributed by atoms with Gasteiger partial charge in [0.2, 0.25) is 5.91 Å². The van der Waals surface area contributed by atoms with E-state index in [9.17, 15) is 4.79 Å². The zero-order chi connectivity index (χ0) is 12.4. The molecule has 0 aromatic rings. The molecule has 98 valence electrons. The molecule has 0 aromatic carbocycles. The van der Waals surface area contributed by atoms with Crippen molar-refractivity contribution in [3.63, 3.8) is 0 Å². The minimum absolute atomic E-state index is 0.181. The molecule has 4 nitrogen and oxygen atoms in total. The van der Waals surface area contributed by atoms with Gasteiger partial charge in [-0.25, -0.2) is 0 Å². The Labute approximate surface area is 104 Å². The lowest BCUT2D eigenvalue weighted by atomic mass is 9.87. The fourth-order valence-electron chi connectivity index (χ4n) is 2.75. The Hall–Kier alpha value is -0.610. The van der Waals surface area contributed by atoms with Crippen LogP contribution in [0.2, 0.25) is 0 Å². The van der Waals surface area contributed by atoms with Crippen LogP contribution in [0.15, 0.2) is 0 Å². The summed E-state index contributed by atoms with van der Waals surface area (Å²) in [5.74, 6) is 1.07. The SMILES string of the molecule is CC(C(=O)N(C)C1CCN(C)CC1)C1CNC1. The molecule has 0 aliphatic carbocycles. The number of hydrogen-bond acceptors (Lipinski definition) is 3. The fraction of sp³-hybridized carbons (Fsp3) is 0.923. The number of likely N-dealkylation sites (tertiary alicyclic amines) is 1. The second-order valence-corrected chi connectivity index (χ2v) is 5.69. The number of amides is 1. The number of carbonyl (C=O) groups is 1. The summed E-state index contributed by atoms with van der Waals surface area (Å²) in [6.45, 7) is 6.32. The number of rotatable bonds is 3. The summed E-state index contributed by atoms with van der Waals surface area (Å²) in [5.41, 5.74) is 0. The lowest BCUT2D eigenvalue weighted by Gasteiger charge is -2.39. The van der Waals surface area contributed by atoms with Crippen LogP contribution in [0.25, 0.3) is 0 Å². The van der Waals surface area contributed by atoms with Gasteiger partial charge in [0.1, 0.15) is 0 Å². The van der Waals surface area contributed by atoms with Gasteiger partial charge < -0.3 is 15.1 Å². The van der Waals surface area contributed by atoms with Crippen molar-refractivity contribution in [2.75, 3.05) is 40.3 Å². The Morgan fingerprint density at radius 3 is 2.41 bits per heavy atom. The number of nitrogens with one attached hydrogen (secondary N) is 1. The Morgan fingerprint density at radius 1 is 1.35 bits per heavy atom. The Balaban J connectivity index is 1.85. The minimum Gasteiger partial charge on any atom is -0.342 e. The van der Waals surface area contributed by atoms with Crippen LogP contribution in [0.3, 0.4) is 0 Å². The third-order valence-electron chi connectivity index (χ3n) is 4.49. The van der Waals surface area contributed by atoms with Crippen molar-refractivity contribution in [1.82, 2.24) is 15.1 Å². The van der Waals surface area contributed by atoms with Crippen LogP contribution in [0.1, 0.15) is 19.8 Å². The quantitative estimate of drug-likeness (QED) is 0.774. The summed E-state index contributed by atoms with van der Waals surface area (Å²) in [5, 5.41) is 3.24. The molecule has 2 aliphatic heterocycles. The van der Waals surface area contributed by atoms with E-state index in [1.165, 1.54) is 0 Å². The lowest BCUT2D eigenvalue weighted by molar-refractivity contribution is -0.139. The van der Waals surface area contributed by atoms with Crippen molar-refractivity contribution in [2.24, 2.45) is 11.8 Å². The monoisotopic (exact) mass is 239 g/mol. The van der Waals surface area contributed by atoms with Crippen molar-refractivity contribution in [1.29, 1.82) is 0 Å². The zero-order valence-corrected chi connectivity index (χ0v) is 11.3. The van der Waals surface area contributed by atoms with Gasteiger partial charge in [-0.15, -0.1) is 0 Å². The highest BCUT2D eigenvalue weighted by atomic mass is 16.2. The standard InChI is InChI=1S/C13H25N3O/c1-10(11-8-14-9-11)13(17)16(3)12-4-6-15(2)7-5-12/h10-12,14H,4-9H2,1-3H3. The molecule has 0 spiro atoms. The molecule has 17 heavy (non-hydrogen) atoms. The van der Waals surface area contributed by atoms with Crippen LogP contribution in [0.4, 0.5) is 0 Å². The maximum atomic E-state index is 12.3. The van der Waals surface area contributed by atoms with E-state index in [0.717, 1.165) is 39.0 Å². The molecular weight excluding hydrogens is 214 g/mol. The van der Waals surface area contributed by atoms with Crippen molar-refractivity contribution in [3.8, 4) is 0 Å². The van der Waals surface area contributed by atoms with Crippen molar-refractivity contribution in [2.45, 2.75) is 25.8 Å². The summed E-state index contributed by atoms with van der Waals surface area (Å²) in [4.78, 5) is 16.7. The molecule has 2 heterocycles. The molecule has 1 amide bonds. The highest BCUT2D eigenvalue weighted by Crippen LogP contribution is 2.21. The first-order chi connectivity index (χ1) is 8.09. The topological polar surface area (TPSA) is 35.6 Å². The maximum Gasteiger partial charge on any atom is 0.225 e. The first-order valence-electron chi connectivity index (χ1n) is 6.75. The maximum absolute atomic E-state index is 12.3. The molecule has 1 N–H and O–H groups in total. The number of nitrogens with zero attached hydrogens (tertiary/aromatic N) is 2. The molecule has 1 unspecified atom stereocenters. The minimum atomic E-state index is 0.181. The molecule has 2 rings (SSSR count). The summed E-state index contributed by atoms with van der Waals surface area (Å²) >= 11 is 0. The van der Waals surface area contributed by atoms with Gasteiger partial charge >= 0.3 is 0 Å². The van der Waals surface area contributed by atoms with Crippen molar-refractivity contribution < 1.29 is 4.79 Å². The van der Waals surface area contributed by atoms with E-state index in [1.54, 1.807) is 0 Å². The third kappa shape index (κ3) is 2.80. The van der Waals surface area contributed by atoms with Crippen LogP contribution < -0.4 is 5.32 Å². The fourth-order valence-corrected chi connectivity index (χ4v) is 2.75. The van der Waals surface area contributed by atoms with E-state index >= 15 is 0 Å². The van der Waals surface area contributed by atoms with Gasteiger partial charge in [0.15, 0.2) is 0 Å². The summed E-state index contributed by atoms with van der Waals surface area (Å²) < 4.78 is 0. The Kier molecular flexibility index (Phi) is 4.05. The Morgan fingerprint density at radius 2 is 1.94 bits per heavy atom. The van der Waals surface area contributed by atoms with Gasteiger partial charge in [0.05, 0.1) is 0 Å². The first kappa shape index (κ1) is 12.8. The molecule has 1 atom stereocenters. The third-order valence-corrected chi connectivity index (χ3v) is 4.49. The second-order valence-electron chi connectivity index (χ2n) is 5.69. The van der Waals surface area contributed by atoms with Crippen molar-refractivity contribution >= 4 is 5.91 Å². The molecule has 2 aliphatic rings. The van der Waals surface area contributed by atoms with E-state index in [0.29, 0.717) is 17.9 Å². The highest BCUT2D eigenvalue weighted by Gasteiger charge is 2.33. The van der Waals surface area contributed by atoms with E-state index in [-0.39, 0.29) is 5.92 Å². The largest absolute Gasteiger partial charge is 0.342 e. The molecule has 0 saturated carbocycles. The van der Waals surface area contributed by atoms with E-state index < -0.39 is 0 Å². The van der Waals surface area contributed by atoms with Gasteiger partial charge in [-0.1, -0.05) is 6.92 Å². The summed E-state index contributed by atoms with van der Waals surface area (Å²) in [6, 6.07) is 0.453. The molecule has 4 heteroatoms. The normalized spacial score (nSPS) is 25.4. The molecule has 0 bridgehead atoms. The lowest BCUT2D eigenvalue weighted by Crippen LogP contribution is -2.52. The molecular formula is C13H25N3O. The van der Waals surface area contributed by atoms with Crippen LogP contribution in [-0.2, 0) is 4.79 Å². The van der Waals surface area contributed by atoms with Crippen molar-refractivity contribution in [3.05, 3.63) is 0 Å². The highest BCUT2D eigenvalue weighted by molar-refractivity contribution is 5.79. The van der Waals surface area contributed by atoms with Crippen LogP contribution in [0.5, 0.6) is 0 Å². The smallest absolute Gasteiger partial charge is 0.225 e. The molecule has 0 radical (unpaired) electrons. The number of carbonyl (C=O) groups excluding carboxylic acids is 1. The van der Waals surface area contributed by atoms with Gasteiger partial charge in [-0.2, -0.15) is 0 Å². The van der Waals surface area contributed by atoms with E-state index in [1.807, 2.05) is 11.9 Å². The van der Waals surface area contributed by atoms with Gasteiger partial charge in [0.25, 0.3) is 0 Å². The van der Waals surface area contributed by atoms with E-state index in [4.69, 9.17) is 0 Å². The summed E-state index contributed by atoms with van der Waals surface area (Å²) in [7, 11) is 4.14. The molecule has 0 aromatic heterocycles. The number of piperidine rings is 1. The molecule has 2 fully saturated rings. The summed E-state index contributed by atoms with van der Waals surface area (Å²) in [6.07, 6.45) is 2.24. The Bertz CT molecular complexity index is 270. The van der Waals surface area contributed by atoms with E-state index in [2.05, 4.69) is 24.2 Å². The second kappa shape index (κ2) is 5.36. The predicted molar refractivity (Wildman–Crippen MR) is 68.8 cm³/mol. The average molecular weight is 239 g/mol. The molecule has 2 saturated heterocycles. The van der Waals surface area contributed by atoms with Crippen LogP contribution in [-0.4, -0.2) is 62.0 Å². The van der Waals surface area contributed by atoms with Gasteiger partial charge in [-0.3, -0.25) is 4.79 Å². The van der Waals surface area contributed by atoms with Crippen LogP contribution in [0, 0.1) is 11.8 Å². The number of hydrogen-bond donors (Lipinski definition) is 1. The van der Waals surface area contributed by atoms with Gasteiger partial charge in [0, 0.05) is 19.0 Å². The van der Waals surface area contributed by atoms with Gasteiger partial charge in [-0.05, 0) is 52.0 Å². The zero-order valence-electron chi connectivity index (χ0n) is 11.3. The average Bonchev–Trinajstić information content (AvgIpc) is 2.25. The van der Waals surface area contributed by atoms with Crippen LogP contribution >= 0.6 is 0 Å². The first-order valence-corrected chi connectivity index (χ1v) is 6.75.